The molecule has 148 valence electrons. The Morgan fingerprint density at radius 1 is 1.22 bits per heavy atom. The summed E-state index contributed by atoms with van der Waals surface area (Å²) in [6.45, 7) is 5.50. The maximum absolute atomic E-state index is 12.5. The zero-order valence-electron chi connectivity index (χ0n) is 15.8. The van der Waals surface area contributed by atoms with Gasteiger partial charge in [-0.05, 0) is 32.8 Å². The van der Waals surface area contributed by atoms with Gasteiger partial charge in [-0.1, -0.05) is 30.3 Å². The van der Waals surface area contributed by atoms with Crippen LogP contribution in [0, 0.1) is 5.92 Å². The molecule has 27 heavy (non-hydrogen) atoms. The van der Waals surface area contributed by atoms with Gasteiger partial charge in [0.15, 0.2) is 0 Å². The molecule has 0 saturated carbocycles. The quantitative estimate of drug-likeness (QED) is 0.781. The molecule has 1 saturated heterocycles. The highest BCUT2D eigenvalue weighted by Gasteiger charge is 2.39. The predicted octanol–water partition coefficient (Wildman–Crippen LogP) is 2.62. The molecule has 0 radical (unpaired) electrons. The number of benzene rings is 1. The van der Waals surface area contributed by atoms with Gasteiger partial charge in [-0.2, -0.15) is 0 Å². The third-order valence-corrected chi connectivity index (χ3v) is 4.11. The molecule has 0 bridgehead atoms. The smallest absolute Gasteiger partial charge is 0.407 e. The summed E-state index contributed by atoms with van der Waals surface area (Å²) in [5.41, 5.74) is 0.137. The first-order valence-corrected chi connectivity index (χ1v) is 8.83. The van der Waals surface area contributed by atoms with Gasteiger partial charge in [0.05, 0.1) is 5.92 Å². The average molecular weight is 378 g/mol. The summed E-state index contributed by atoms with van der Waals surface area (Å²) in [5.74, 6) is -1.33. The molecule has 0 spiro atoms. The van der Waals surface area contributed by atoms with E-state index in [4.69, 9.17) is 9.47 Å². The van der Waals surface area contributed by atoms with Crippen molar-refractivity contribution < 1.29 is 29.0 Å². The number of esters is 1. The van der Waals surface area contributed by atoms with Crippen LogP contribution in [0.3, 0.4) is 0 Å². The van der Waals surface area contributed by atoms with Crippen molar-refractivity contribution in [3.63, 3.8) is 0 Å². The molecule has 1 fully saturated rings. The molecule has 2 atom stereocenters. The van der Waals surface area contributed by atoms with Gasteiger partial charge in [-0.15, -0.1) is 0 Å². The second-order valence-corrected chi connectivity index (χ2v) is 7.47. The fraction of sp³-hybridized carbons (Fsp3) is 0.526. The maximum Gasteiger partial charge on any atom is 0.407 e. The number of hydrogen-bond acceptors (Lipinski definition) is 5. The summed E-state index contributed by atoms with van der Waals surface area (Å²) in [5, 5.41) is 11.9. The highest BCUT2D eigenvalue weighted by Crippen LogP contribution is 2.22. The number of hydrogen-bond donors (Lipinski definition) is 2. The topological polar surface area (TPSA) is 105 Å². The van der Waals surface area contributed by atoms with Crippen molar-refractivity contribution in [2.45, 2.75) is 45.4 Å². The van der Waals surface area contributed by atoms with Crippen LogP contribution in [-0.2, 0) is 20.9 Å². The fourth-order valence-corrected chi connectivity index (χ4v) is 2.83. The van der Waals surface area contributed by atoms with Crippen molar-refractivity contribution in [2.24, 2.45) is 5.92 Å². The van der Waals surface area contributed by atoms with Gasteiger partial charge in [-0.25, -0.2) is 9.59 Å². The predicted molar refractivity (Wildman–Crippen MR) is 97.1 cm³/mol. The molecule has 1 aliphatic heterocycles. The molecule has 0 aliphatic carbocycles. The first kappa shape index (κ1) is 20.5. The highest BCUT2D eigenvalue weighted by molar-refractivity contribution is 5.77. The molecule has 8 heteroatoms. The lowest BCUT2D eigenvalue weighted by Gasteiger charge is -2.37. The molecule has 2 rings (SSSR count). The van der Waals surface area contributed by atoms with E-state index >= 15 is 0 Å². The Balaban J connectivity index is 1.99. The van der Waals surface area contributed by atoms with Crippen molar-refractivity contribution in [1.29, 1.82) is 0 Å². The second kappa shape index (κ2) is 8.75. The second-order valence-electron chi connectivity index (χ2n) is 7.47. The van der Waals surface area contributed by atoms with Gasteiger partial charge < -0.3 is 24.8 Å². The Kier molecular flexibility index (Phi) is 6.65. The number of nitrogens with one attached hydrogen (secondary N) is 1. The standard InChI is InChI=1S/C19H26N2O6/c1-19(2,3)27-16(22)14-11-21(18(24)25)10-9-15(14)20-17(23)26-12-13-7-5-4-6-8-13/h4-8,14-15H,9-12H2,1-3H3,(H,20,23)(H,24,25)/t14-,15+/m0/s1. The van der Waals surface area contributed by atoms with Crippen molar-refractivity contribution >= 4 is 18.2 Å². The molecule has 2 N–H and O–H groups in total. The normalized spacial score (nSPS) is 19.9. The number of piperidine rings is 1. The third-order valence-electron chi connectivity index (χ3n) is 4.11. The van der Waals surface area contributed by atoms with Gasteiger partial charge in [0, 0.05) is 19.1 Å². The molecule has 2 amide bonds. The van der Waals surface area contributed by atoms with Crippen LogP contribution in [0.4, 0.5) is 9.59 Å². The lowest BCUT2D eigenvalue weighted by molar-refractivity contribution is -0.162. The number of amides is 2. The largest absolute Gasteiger partial charge is 0.465 e. The summed E-state index contributed by atoms with van der Waals surface area (Å²) >= 11 is 0. The number of ether oxygens (including phenoxy) is 2. The first-order valence-electron chi connectivity index (χ1n) is 8.83. The van der Waals surface area contributed by atoms with Crippen molar-refractivity contribution in [3.8, 4) is 0 Å². The van der Waals surface area contributed by atoms with Gasteiger partial charge >= 0.3 is 18.2 Å². The van der Waals surface area contributed by atoms with Crippen molar-refractivity contribution in [3.05, 3.63) is 35.9 Å². The molecule has 0 unspecified atom stereocenters. The zero-order chi connectivity index (χ0) is 20.0. The minimum absolute atomic E-state index is 0.0339. The van der Waals surface area contributed by atoms with E-state index in [2.05, 4.69) is 5.32 Å². The molecule has 1 aromatic rings. The number of nitrogens with zero attached hydrogens (tertiary/aromatic N) is 1. The molecule has 8 nitrogen and oxygen atoms in total. The summed E-state index contributed by atoms with van der Waals surface area (Å²) in [7, 11) is 0. The van der Waals surface area contributed by atoms with Crippen molar-refractivity contribution in [2.75, 3.05) is 13.1 Å². The van der Waals surface area contributed by atoms with Crippen LogP contribution in [0.5, 0.6) is 0 Å². The molecule has 1 aromatic carbocycles. The van der Waals surface area contributed by atoms with Crippen LogP contribution >= 0.6 is 0 Å². The Bertz CT molecular complexity index is 671. The third kappa shape index (κ3) is 6.47. The lowest BCUT2D eigenvalue weighted by Crippen LogP contribution is -2.55. The van der Waals surface area contributed by atoms with Crippen LogP contribution in [-0.4, -0.2) is 52.9 Å². The maximum atomic E-state index is 12.5. The van der Waals surface area contributed by atoms with Crippen molar-refractivity contribution in [1.82, 2.24) is 10.2 Å². The number of likely N-dealkylation sites (tertiary alicyclic amines) is 1. The highest BCUT2D eigenvalue weighted by atomic mass is 16.6. The van der Waals surface area contributed by atoms with E-state index in [-0.39, 0.29) is 19.7 Å². The average Bonchev–Trinajstić information content (AvgIpc) is 2.59. The summed E-state index contributed by atoms with van der Waals surface area (Å²) in [6, 6.07) is 8.67. The van der Waals surface area contributed by atoms with Gasteiger partial charge in [0.1, 0.15) is 12.2 Å². The lowest BCUT2D eigenvalue weighted by atomic mass is 9.92. The molecule has 1 aliphatic rings. The van der Waals surface area contributed by atoms with Gasteiger partial charge in [0.2, 0.25) is 0 Å². The zero-order valence-corrected chi connectivity index (χ0v) is 15.8. The molecule has 1 heterocycles. The number of alkyl carbamates (subject to hydrolysis) is 1. The Morgan fingerprint density at radius 2 is 1.89 bits per heavy atom. The van der Waals surface area contributed by atoms with Gasteiger partial charge in [-0.3, -0.25) is 4.79 Å². The van der Waals surface area contributed by atoms with Crippen LogP contribution in [0.1, 0.15) is 32.8 Å². The van der Waals surface area contributed by atoms with Gasteiger partial charge in [0.25, 0.3) is 0 Å². The number of carbonyl (C=O) groups excluding carboxylic acids is 2. The number of carbonyl (C=O) groups is 3. The van der Waals surface area contributed by atoms with E-state index in [0.717, 1.165) is 10.5 Å². The SMILES string of the molecule is CC(C)(C)OC(=O)[C@H]1CN(C(=O)O)CC[C@H]1NC(=O)OCc1ccccc1. The van der Waals surface area contributed by atoms with E-state index in [0.29, 0.717) is 6.42 Å². The number of carboxylic acid groups (broad SMARTS) is 1. The summed E-state index contributed by atoms with van der Waals surface area (Å²) < 4.78 is 10.6. The molecule has 0 aromatic heterocycles. The van der Waals surface area contributed by atoms with Crippen LogP contribution in [0.2, 0.25) is 0 Å². The molecular weight excluding hydrogens is 352 g/mol. The minimum Gasteiger partial charge on any atom is -0.465 e. The van der Waals surface area contributed by atoms with E-state index < -0.39 is 35.7 Å². The van der Waals surface area contributed by atoms with E-state index in [1.165, 1.54) is 0 Å². The van der Waals surface area contributed by atoms with E-state index in [1.807, 2.05) is 30.3 Å². The minimum atomic E-state index is -1.10. The van der Waals surface area contributed by atoms with E-state index in [1.54, 1.807) is 20.8 Å². The van der Waals surface area contributed by atoms with Crippen LogP contribution in [0.25, 0.3) is 0 Å². The van der Waals surface area contributed by atoms with Crippen LogP contribution < -0.4 is 5.32 Å². The summed E-state index contributed by atoms with van der Waals surface area (Å²) in [4.78, 5) is 37.1. The molecular formula is C19H26N2O6. The van der Waals surface area contributed by atoms with E-state index in [9.17, 15) is 19.5 Å². The monoisotopic (exact) mass is 378 g/mol. The summed E-state index contributed by atoms with van der Waals surface area (Å²) in [6.07, 6.45) is -1.45. The fourth-order valence-electron chi connectivity index (χ4n) is 2.83. The Hall–Kier alpha value is -2.77. The Labute approximate surface area is 158 Å². The van der Waals surface area contributed by atoms with Crippen LogP contribution in [0.15, 0.2) is 30.3 Å². The first-order chi connectivity index (χ1) is 12.7. The number of rotatable bonds is 4. The Morgan fingerprint density at radius 3 is 2.48 bits per heavy atom.